The highest BCUT2D eigenvalue weighted by Crippen LogP contribution is 2.45. The van der Waals surface area contributed by atoms with Gasteiger partial charge in [-0.05, 0) is 30.2 Å². The Morgan fingerprint density at radius 1 is 1.31 bits per heavy atom. The zero-order valence-corrected chi connectivity index (χ0v) is 14.2. The molecule has 0 fully saturated rings. The van der Waals surface area contributed by atoms with Crippen molar-refractivity contribution >= 4 is 28.2 Å². The van der Waals surface area contributed by atoms with Crippen LogP contribution in [-0.4, -0.2) is 29.6 Å². The van der Waals surface area contributed by atoms with Crippen LogP contribution in [0.2, 0.25) is 0 Å². The predicted molar refractivity (Wildman–Crippen MR) is 87.3 cm³/mol. The maximum Gasteiger partial charge on any atom is 0.417 e. The number of halogens is 6. The smallest absolute Gasteiger partial charge is 0.417 e. The summed E-state index contributed by atoms with van der Waals surface area (Å²) in [6.45, 7) is 0.795. The molecule has 3 rings (SSSR count). The van der Waals surface area contributed by atoms with Gasteiger partial charge in [0.25, 0.3) is 0 Å². The molecule has 1 aromatic carbocycles. The van der Waals surface area contributed by atoms with Gasteiger partial charge in [-0.1, -0.05) is 6.92 Å². The lowest BCUT2D eigenvalue weighted by Gasteiger charge is -2.39. The quantitative estimate of drug-likeness (QED) is 0.619. The predicted octanol–water partition coefficient (Wildman–Crippen LogP) is 4.36. The number of nitrogens with zero attached hydrogens (tertiary/aromatic N) is 1. The molecule has 0 bridgehead atoms. The number of hydrogen-bond donors (Lipinski definition) is 1. The first-order valence-electron chi connectivity index (χ1n) is 7.74. The molecule has 0 radical (unpaired) electrons. The van der Waals surface area contributed by atoms with E-state index in [1.54, 1.807) is 6.92 Å². The van der Waals surface area contributed by atoms with E-state index in [2.05, 4.69) is 4.98 Å². The number of H-pyrrole nitrogens is 1. The van der Waals surface area contributed by atoms with Crippen molar-refractivity contribution in [3.8, 4) is 5.75 Å². The lowest BCUT2D eigenvalue weighted by molar-refractivity contribution is -0.136. The van der Waals surface area contributed by atoms with Crippen molar-refractivity contribution in [2.45, 2.75) is 30.9 Å². The van der Waals surface area contributed by atoms with Crippen LogP contribution in [0.25, 0.3) is 10.9 Å². The van der Waals surface area contributed by atoms with Crippen molar-refractivity contribution in [2.24, 2.45) is 0 Å². The Balaban J connectivity index is 2.28. The van der Waals surface area contributed by atoms with Crippen molar-refractivity contribution in [1.82, 2.24) is 4.98 Å². The Morgan fingerprint density at radius 3 is 2.58 bits per heavy atom. The third-order valence-electron chi connectivity index (χ3n) is 4.24. The van der Waals surface area contributed by atoms with Gasteiger partial charge < -0.3 is 14.6 Å². The van der Waals surface area contributed by atoms with Gasteiger partial charge >= 0.3 is 11.6 Å². The highest BCUT2D eigenvalue weighted by molar-refractivity contribution is 6.22. The van der Waals surface area contributed by atoms with Crippen molar-refractivity contribution < 1.29 is 26.7 Å². The molecule has 1 N–H and O–H groups in total. The number of pyridine rings is 1. The molecule has 26 heavy (non-hydrogen) atoms. The minimum atomic E-state index is -4.81. The van der Waals surface area contributed by atoms with Crippen molar-refractivity contribution in [1.29, 1.82) is 0 Å². The number of hydrogen-bond acceptors (Lipinski definition) is 3. The molecule has 1 aliphatic rings. The van der Waals surface area contributed by atoms with E-state index in [4.69, 9.17) is 16.3 Å². The van der Waals surface area contributed by atoms with E-state index in [0.717, 1.165) is 0 Å². The van der Waals surface area contributed by atoms with Crippen molar-refractivity contribution in [3.05, 3.63) is 34.1 Å². The molecule has 0 saturated carbocycles. The van der Waals surface area contributed by atoms with Crippen molar-refractivity contribution in [3.63, 3.8) is 0 Å². The summed E-state index contributed by atoms with van der Waals surface area (Å²) in [4.78, 5) is 15.1. The van der Waals surface area contributed by atoms with Crippen LogP contribution in [0.3, 0.4) is 0 Å². The van der Waals surface area contributed by atoms with E-state index in [-0.39, 0.29) is 28.9 Å². The summed E-state index contributed by atoms with van der Waals surface area (Å²) in [5, 5.41) is -3.93. The number of rotatable bonds is 3. The fourth-order valence-corrected chi connectivity index (χ4v) is 3.25. The molecule has 1 aliphatic heterocycles. The van der Waals surface area contributed by atoms with Gasteiger partial charge in [-0.25, -0.2) is 0 Å². The van der Waals surface area contributed by atoms with Crippen LogP contribution in [0.4, 0.5) is 27.6 Å². The van der Waals surface area contributed by atoms with Gasteiger partial charge in [-0.15, -0.1) is 0 Å². The maximum absolute atomic E-state index is 13.4. The first kappa shape index (κ1) is 18.8. The SMILES string of the molecule is CCC1COc2c(ccc3[nH]c(=O)cc(C(F)(F)F)c23)N1CC(F)(F)Cl. The second-order valence-corrected chi connectivity index (χ2v) is 6.55. The molecule has 0 amide bonds. The molecule has 0 spiro atoms. The molecule has 2 aromatic rings. The number of fused-ring (bicyclic) bond motifs is 3. The number of anilines is 1. The summed E-state index contributed by atoms with van der Waals surface area (Å²) in [7, 11) is 0. The monoisotopic (exact) mass is 396 g/mol. The Labute approximate surface area is 149 Å². The Bertz CT molecular complexity index is 891. The average Bonchev–Trinajstić information content (AvgIpc) is 2.51. The Morgan fingerprint density at radius 2 is 2.00 bits per heavy atom. The maximum atomic E-state index is 13.4. The molecule has 0 saturated heterocycles. The molecule has 10 heteroatoms. The van der Waals surface area contributed by atoms with Crippen LogP contribution in [0, 0.1) is 0 Å². The third kappa shape index (κ3) is 3.44. The van der Waals surface area contributed by atoms with Gasteiger partial charge in [-0.2, -0.15) is 22.0 Å². The van der Waals surface area contributed by atoms with Crippen LogP contribution >= 0.6 is 11.6 Å². The van der Waals surface area contributed by atoms with Gasteiger partial charge in [0.15, 0.2) is 5.75 Å². The number of aromatic amines is 1. The van der Waals surface area contributed by atoms with E-state index < -0.39 is 35.3 Å². The fourth-order valence-electron chi connectivity index (χ4n) is 3.12. The largest absolute Gasteiger partial charge is 0.489 e. The molecule has 4 nitrogen and oxygen atoms in total. The molecule has 1 aromatic heterocycles. The van der Waals surface area contributed by atoms with E-state index in [1.807, 2.05) is 0 Å². The summed E-state index contributed by atoms with van der Waals surface area (Å²) < 4.78 is 72.6. The number of alkyl halides is 6. The zero-order valence-electron chi connectivity index (χ0n) is 13.5. The van der Waals surface area contributed by atoms with Gasteiger partial charge in [0, 0.05) is 6.07 Å². The summed E-state index contributed by atoms with van der Waals surface area (Å²) >= 11 is 5.05. The van der Waals surface area contributed by atoms with Crippen LogP contribution < -0.4 is 15.2 Å². The highest BCUT2D eigenvalue weighted by Gasteiger charge is 2.39. The van der Waals surface area contributed by atoms with Gasteiger partial charge in [-0.3, -0.25) is 4.79 Å². The second-order valence-electron chi connectivity index (χ2n) is 6.00. The minimum Gasteiger partial charge on any atom is -0.489 e. The summed E-state index contributed by atoms with van der Waals surface area (Å²) in [5.74, 6) is -0.198. The Hall–Kier alpha value is -2.03. The molecule has 0 aliphatic carbocycles. The molecule has 142 valence electrons. The van der Waals surface area contributed by atoms with Crippen LogP contribution in [0.1, 0.15) is 18.9 Å². The highest BCUT2D eigenvalue weighted by atomic mass is 35.5. The number of ether oxygens (including phenoxy) is 1. The minimum absolute atomic E-state index is 0.0773. The normalized spacial score (nSPS) is 18.0. The number of aromatic nitrogens is 1. The Kier molecular flexibility index (Phi) is 4.54. The van der Waals surface area contributed by atoms with Crippen molar-refractivity contribution in [2.75, 3.05) is 18.1 Å². The van der Waals surface area contributed by atoms with Crippen LogP contribution in [-0.2, 0) is 6.18 Å². The van der Waals surface area contributed by atoms with Gasteiger partial charge in [0.1, 0.15) is 6.61 Å². The second kappa shape index (κ2) is 6.29. The lowest BCUT2D eigenvalue weighted by Crippen LogP contribution is -2.47. The molecule has 1 atom stereocenters. The van der Waals surface area contributed by atoms with Crippen LogP contribution in [0.5, 0.6) is 5.75 Å². The number of nitrogens with one attached hydrogen (secondary N) is 1. The first-order chi connectivity index (χ1) is 12.0. The summed E-state index contributed by atoms with van der Waals surface area (Å²) in [6.07, 6.45) is -4.38. The molecular formula is C16H14ClF5N2O2. The molecule has 1 unspecified atom stereocenters. The van der Waals surface area contributed by atoms with Gasteiger partial charge in [0.2, 0.25) is 5.56 Å². The first-order valence-corrected chi connectivity index (χ1v) is 8.12. The van der Waals surface area contributed by atoms with Gasteiger partial charge in [0.05, 0.1) is 34.7 Å². The standard InChI is InChI=1S/C16H14ClF5N2O2/c1-2-8-6-26-14-11(24(8)7-15(17,18)19)4-3-10-13(14)9(16(20,21)22)5-12(25)23-10/h3-5,8H,2,6-7H2,1H3,(H,23,25). The topological polar surface area (TPSA) is 45.3 Å². The third-order valence-corrected chi connectivity index (χ3v) is 4.36. The van der Waals surface area contributed by atoms with E-state index in [1.165, 1.54) is 17.0 Å². The molecular weight excluding hydrogens is 383 g/mol. The number of benzene rings is 1. The summed E-state index contributed by atoms with van der Waals surface area (Å²) in [5.41, 5.74) is -2.11. The van der Waals surface area contributed by atoms with Crippen LogP contribution in [0.15, 0.2) is 23.0 Å². The fraction of sp³-hybridized carbons (Fsp3) is 0.438. The molecule has 2 heterocycles. The van der Waals surface area contributed by atoms with E-state index >= 15 is 0 Å². The summed E-state index contributed by atoms with van der Waals surface area (Å²) in [6, 6.07) is 2.55. The average molecular weight is 397 g/mol. The lowest BCUT2D eigenvalue weighted by atomic mass is 10.0. The van der Waals surface area contributed by atoms with E-state index in [9.17, 15) is 26.7 Å². The van der Waals surface area contributed by atoms with E-state index in [0.29, 0.717) is 12.5 Å². The zero-order chi connectivity index (χ0) is 19.3.